The van der Waals surface area contributed by atoms with E-state index in [1.807, 2.05) is 0 Å². The zero-order valence-electron chi connectivity index (χ0n) is 9.15. The van der Waals surface area contributed by atoms with Crippen molar-refractivity contribution in [3.63, 3.8) is 0 Å². The quantitative estimate of drug-likeness (QED) is 0.508. The molecule has 0 saturated carbocycles. The van der Waals surface area contributed by atoms with Crippen LogP contribution < -0.4 is 5.32 Å². The van der Waals surface area contributed by atoms with Crippen molar-refractivity contribution in [3.8, 4) is 0 Å². The Morgan fingerprint density at radius 3 is 2.56 bits per heavy atom. The van der Waals surface area contributed by atoms with Gasteiger partial charge in [-0.15, -0.1) is 11.6 Å². The summed E-state index contributed by atoms with van der Waals surface area (Å²) in [6.45, 7) is -0.0793. The van der Waals surface area contributed by atoms with Crippen molar-refractivity contribution in [2.75, 3.05) is 39.4 Å². The number of hydrogen-bond donors (Lipinski definition) is 1. The molecule has 1 atom stereocenters. The van der Waals surface area contributed by atoms with E-state index in [0.29, 0.717) is 25.5 Å². The minimum absolute atomic E-state index is 0.0225. The Balaban J connectivity index is 3.32. The van der Waals surface area contributed by atoms with Crippen LogP contribution in [0.4, 0.5) is 13.2 Å². The normalized spacial score (nSPS) is 14.1. The van der Waals surface area contributed by atoms with Gasteiger partial charge in [-0.1, -0.05) is 0 Å². The number of alkyl halides is 4. The van der Waals surface area contributed by atoms with Crippen LogP contribution in [0.15, 0.2) is 0 Å². The maximum Gasteiger partial charge on any atom is 0.411 e. The first-order chi connectivity index (χ1) is 7.49. The second-order valence-electron chi connectivity index (χ2n) is 3.28. The van der Waals surface area contributed by atoms with Crippen molar-refractivity contribution in [2.45, 2.75) is 18.6 Å². The van der Waals surface area contributed by atoms with Gasteiger partial charge in [0.05, 0.1) is 6.61 Å². The minimum atomic E-state index is -4.25. The first kappa shape index (κ1) is 16.0. The third-order valence-electron chi connectivity index (χ3n) is 1.72. The Hall–Kier alpha value is -0.0400. The summed E-state index contributed by atoms with van der Waals surface area (Å²) in [7, 11) is 1.56. The molecule has 0 amide bonds. The molecule has 0 bridgehead atoms. The van der Waals surface area contributed by atoms with Crippen molar-refractivity contribution in [2.24, 2.45) is 0 Å². The molecule has 1 unspecified atom stereocenters. The highest BCUT2D eigenvalue weighted by Crippen LogP contribution is 2.14. The molecule has 7 heteroatoms. The Labute approximate surface area is 98.2 Å². The van der Waals surface area contributed by atoms with E-state index in [1.54, 1.807) is 7.11 Å². The standard InChI is InChI=1S/C9H17ClF3NO2/c1-15-6-8(5-10)14-3-2-4-16-7-9(11,12)13/h8,14H,2-7H2,1H3. The summed E-state index contributed by atoms with van der Waals surface area (Å²) >= 11 is 5.62. The van der Waals surface area contributed by atoms with Gasteiger partial charge >= 0.3 is 6.18 Å². The molecule has 0 heterocycles. The number of ether oxygens (including phenoxy) is 2. The lowest BCUT2D eigenvalue weighted by Gasteiger charge is -2.14. The van der Waals surface area contributed by atoms with Gasteiger partial charge in [0.15, 0.2) is 0 Å². The van der Waals surface area contributed by atoms with E-state index >= 15 is 0 Å². The Kier molecular flexibility index (Phi) is 9.02. The summed E-state index contributed by atoms with van der Waals surface area (Å²) in [6.07, 6.45) is -3.74. The van der Waals surface area contributed by atoms with Crippen LogP contribution in [-0.2, 0) is 9.47 Å². The molecular formula is C9H17ClF3NO2. The average molecular weight is 264 g/mol. The van der Waals surface area contributed by atoms with E-state index in [4.69, 9.17) is 16.3 Å². The Bertz CT molecular complexity index is 169. The van der Waals surface area contributed by atoms with Crippen LogP contribution in [-0.4, -0.2) is 51.6 Å². The van der Waals surface area contributed by atoms with Gasteiger partial charge in [0.25, 0.3) is 0 Å². The lowest BCUT2D eigenvalue weighted by atomic mass is 10.3. The highest BCUT2D eigenvalue weighted by molar-refractivity contribution is 6.18. The monoisotopic (exact) mass is 263 g/mol. The van der Waals surface area contributed by atoms with Crippen molar-refractivity contribution in [1.82, 2.24) is 5.32 Å². The van der Waals surface area contributed by atoms with Gasteiger partial charge in [-0.25, -0.2) is 0 Å². The lowest BCUT2D eigenvalue weighted by molar-refractivity contribution is -0.173. The molecule has 0 spiro atoms. The fraction of sp³-hybridized carbons (Fsp3) is 1.00. The van der Waals surface area contributed by atoms with E-state index in [1.165, 1.54) is 0 Å². The molecule has 0 aliphatic heterocycles. The first-order valence-corrected chi connectivity index (χ1v) is 5.46. The molecule has 0 radical (unpaired) electrons. The summed E-state index contributed by atoms with van der Waals surface area (Å²) in [5.74, 6) is 0.400. The molecule has 1 N–H and O–H groups in total. The van der Waals surface area contributed by atoms with Crippen LogP contribution in [0.25, 0.3) is 0 Å². The van der Waals surface area contributed by atoms with Crippen LogP contribution in [0.2, 0.25) is 0 Å². The van der Waals surface area contributed by atoms with Crippen molar-refractivity contribution in [1.29, 1.82) is 0 Å². The maximum atomic E-state index is 11.7. The summed E-state index contributed by atoms with van der Waals surface area (Å²) in [4.78, 5) is 0. The second-order valence-corrected chi connectivity index (χ2v) is 3.59. The van der Waals surface area contributed by atoms with Crippen molar-refractivity contribution in [3.05, 3.63) is 0 Å². The zero-order chi connectivity index (χ0) is 12.4. The SMILES string of the molecule is COCC(CCl)NCCCOCC(F)(F)F. The van der Waals surface area contributed by atoms with Crippen LogP contribution in [0.1, 0.15) is 6.42 Å². The minimum Gasteiger partial charge on any atom is -0.383 e. The topological polar surface area (TPSA) is 30.5 Å². The van der Waals surface area contributed by atoms with Crippen LogP contribution in [0.5, 0.6) is 0 Å². The van der Waals surface area contributed by atoms with E-state index in [9.17, 15) is 13.2 Å². The van der Waals surface area contributed by atoms with E-state index < -0.39 is 12.8 Å². The molecular weight excluding hydrogens is 247 g/mol. The predicted molar refractivity (Wildman–Crippen MR) is 55.9 cm³/mol. The van der Waals surface area contributed by atoms with Crippen LogP contribution >= 0.6 is 11.6 Å². The highest BCUT2D eigenvalue weighted by Gasteiger charge is 2.27. The molecule has 98 valence electrons. The Morgan fingerprint density at radius 1 is 1.38 bits per heavy atom. The number of nitrogens with one attached hydrogen (secondary N) is 1. The molecule has 0 saturated heterocycles. The molecule has 0 aromatic rings. The van der Waals surface area contributed by atoms with Crippen LogP contribution in [0.3, 0.4) is 0 Å². The number of hydrogen-bond acceptors (Lipinski definition) is 3. The molecule has 16 heavy (non-hydrogen) atoms. The van der Waals surface area contributed by atoms with Crippen molar-refractivity contribution < 1.29 is 22.6 Å². The fourth-order valence-electron chi connectivity index (χ4n) is 1.03. The molecule has 0 aliphatic carbocycles. The van der Waals surface area contributed by atoms with Gasteiger partial charge in [-0.3, -0.25) is 0 Å². The molecule has 0 aliphatic rings. The molecule has 0 aromatic heterocycles. The van der Waals surface area contributed by atoms with Gasteiger partial charge in [-0.2, -0.15) is 13.2 Å². The first-order valence-electron chi connectivity index (χ1n) is 4.92. The van der Waals surface area contributed by atoms with E-state index in [0.717, 1.165) is 0 Å². The van der Waals surface area contributed by atoms with Crippen molar-refractivity contribution >= 4 is 11.6 Å². The third-order valence-corrected chi connectivity index (χ3v) is 2.09. The highest BCUT2D eigenvalue weighted by atomic mass is 35.5. The summed E-state index contributed by atoms with van der Waals surface area (Å²) in [6, 6.07) is 0.0225. The van der Waals surface area contributed by atoms with Gasteiger partial charge in [0.1, 0.15) is 6.61 Å². The molecule has 3 nitrogen and oxygen atoms in total. The molecule has 0 rings (SSSR count). The lowest BCUT2D eigenvalue weighted by Crippen LogP contribution is -2.35. The van der Waals surface area contributed by atoms with Gasteiger partial charge < -0.3 is 14.8 Å². The van der Waals surface area contributed by atoms with E-state index in [2.05, 4.69) is 10.1 Å². The molecule has 0 fully saturated rings. The summed E-state index contributed by atoms with van der Waals surface area (Å²) in [5.41, 5.74) is 0. The third kappa shape index (κ3) is 10.5. The van der Waals surface area contributed by atoms with Gasteiger partial charge in [0, 0.05) is 25.6 Å². The van der Waals surface area contributed by atoms with Crippen LogP contribution in [0, 0.1) is 0 Å². The van der Waals surface area contributed by atoms with E-state index in [-0.39, 0.29) is 12.6 Å². The number of methoxy groups -OCH3 is 1. The maximum absolute atomic E-state index is 11.7. The van der Waals surface area contributed by atoms with Gasteiger partial charge in [0.2, 0.25) is 0 Å². The number of halogens is 4. The summed E-state index contributed by atoms with van der Waals surface area (Å²) < 4.78 is 44.4. The Morgan fingerprint density at radius 2 is 2.06 bits per heavy atom. The molecule has 0 aromatic carbocycles. The largest absolute Gasteiger partial charge is 0.411 e. The zero-order valence-corrected chi connectivity index (χ0v) is 9.90. The average Bonchev–Trinajstić information content (AvgIpc) is 2.20. The second kappa shape index (κ2) is 9.04. The fourth-order valence-corrected chi connectivity index (χ4v) is 1.23. The predicted octanol–water partition coefficient (Wildman–Crippen LogP) is 1.80. The number of rotatable bonds is 9. The summed E-state index contributed by atoms with van der Waals surface area (Å²) in [5, 5.41) is 3.05. The van der Waals surface area contributed by atoms with Gasteiger partial charge in [-0.05, 0) is 13.0 Å². The smallest absolute Gasteiger partial charge is 0.383 e.